The molecule has 1 aliphatic carbocycles. The summed E-state index contributed by atoms with van der Waals surface area (Å²) in [7, 11) is 0. The quantitative estimate of drug-likeness (QED) is 0.773. The fourth-order valence-electron chi connectivity index (χ4n) is 2.05. The summed E-state index contributed by atoms with van der Waals surface area (Å²) in [5, 5.41) is 3.09. The Morgan fingerprint density at radius 1 is 1.35 bits per heavy atom. The molecule has 17 heavy (non-hydrogen) atoms. The van der Waals surface area contributed by atoms with Crippen molar-refractivity contribution in [3.05, 3.63) is 0 Å². The third-order valence-electron chi connectivity index (χ3n) is 3.27. The molecule has 2 aliphatic rings. The number of hydrogen-bond acceptors (Lipinski definition) is 3. The van der Waals surface area contributed by atoms with E-state index in [0.717, 1.165) is 25.9 Å². The number of nitrogens with zero attached hydrogens (tertiary/aromatic N) is 1. The molecule has 0 aromatic carbocycles. The summed E-state index contributed by atoms with van der Waals surface area (Å²) in [5.41, 5.74) is -0.173. The van der Waals surface area contributed by atoms with Crippen LogP contribution in [0.2, 0.25) is 0 Å². The Bertz CT molecular complexity index is 262. The van der Waals surface area contributed by atoms with E-state index in [1.54, 1.807) is 0 Å². The number of nitrogens with one attached hydrogen (secondary N) is 1. The number of rotatable bonds is 6. The van der Waals surface area contributed by atoms with Crippen molar-refractivity contribution in [2.75, 3.05) is 32.8 Å². The highest BCUT2D eigenvalue weighted by molar-refractivity contribution is 4.91. The van der Waals surface area contributed by atoms with Crippen LogP contribution in [-0.2, 0) is 4.74 Å². The summed E-state index contributed by atoms with van der Waals surface area (Å²) in [6, 6.07) is 0.118. The van der Waals surface area contributed by atoms with Gasteiger partial charge in [0.2, 0.25) is 0 Å². The van der Waals surface area contributed by atoms with Crippen LogP contribution in [0.1, 0.15) is 19.8 Å². The molecule has 1 saturated carbocycles. The second-order valence-corrected chi connectivity index (χ2v) is 5.22. The maximum Gasteiger partial charge on any atom is 0.401 e. The summed E-state index contributed by atoms with van der Waals surface area (Å²) in [6.07, 6.45) is -2.34. The molecule has 100 valence electrons. The molecule has 0 unspecified atom stereocenters. The molecule has 0 bridgehead atoms. The lowest BCUT2D eigenvalue weighted by Crippen LogP contribution is -2.59. The van der Waals surface area contributed by atoms with Gasteiger partial charge in [-0.15, -0.1) is 0 Å². The van der Waals surface area contributed by atoms with E-state index >= 15 is 0 Å². The minimum atomic E-state index is -4.11. The van der Waals surface area contributed by atoms with Gasteiger partial charge in [-0.3, -0.25) is 4.90 Å². The highest BCUT2D eigenvalue weighted by atomic mass is 19.4. The molecule has 0 spiro atoms. The van der Waals surface area contributed by atoms with E-state index < -0.39 is 12.7 Å². The maximum atomic E-state index is 12.3. The number of halogens is 3. The van der Waals surface area contributed by atoms with Gasteiger partial charge in [-0.25, -0.2) is 0 Å². The fraction of sp³-hybridized carbons (Fsp3) is 1.00. The predicted molar refractivity (Wildman–Crippen MR) is 57.9 cm³/mol. The molecule has 1 N–H and O–H groups in total. The second kappa shape index (κ2) is 4.74. The van der Waals surface area contributed by atoms with E-state index in [4.69, 9.17) is 4.74 Å². The lowest BCUT2D eigenvalue weighted by molar-refractivity contribution is -0.151. The average molecular weight is 252 g/mol. The van der Waals surface area contributed by atoms with Crippen LogP contribution in [0.3, 0.4) is 0 Å². The second-order valence-electron chi connectivity index (χ2n) is 5.22. The number of ether oxygens (including phenoxy) is 1. The van der Waals surface area contributed by atoms with E-state index in [2.05, 4.69) is 5.32 Å². The number of hydrogen-bond donors (Lipinski definition) is 1. The van der Waals surface area contributed by atoms with Gasteiger partial charge in [0, 0.05) is 25.7 Å². The maximum absolute atomic E-state index is 12.3. The Kier molecular flexibility index (Phi) is 3.66. The van der Waals surface area contributed by atoms with Crippen LogP contribution < -0.4 is 5.32 Å². The smallest absolute Gasteiger partial charge is 0.371 e. The zero-order valence-corrected chi connectivity index (χ0v) is 10.0. The normalized spacial score (nSPS) is 23.8. The summed E-state index contributed by atoms with van der Waals surface area (Å²) >= 11 is 0. The molecule has 0 aromatic heterocycles. The molecule has 2 fully saturated rings. The van der Waals surface area contributed by atoms with Crippen LogP contribution >= 0.6 is 0 Å². The van der Waals surface area contributed by atoms with Gasteiger partial charge in [0.15, 0.2) is 0 Å². The SMILES string of the molecule is CC1(OCCN(CC(F)(F)F)C2CC2)CNC1. The summed E-state index contributed by atoms with van der Waals surface area (Å²) in [5.74, 6) is 0. The predicted octanol–water partition coefficient (Wildman–Crippen LogP) is 1.39. The average Bonchev–Trinajstić information content (AvgIpc) is 2.94. The van der Waals surface area contributed by atoms with E-state index in [1.807, 2.05) is 6.92 Å². The molecule has 6 heteroatoms. The first-order valence-electron chi connectivity index (χ1n) is 6.03. The lowest BCUT2D eigenvalue weighted by Gasteiger charge is -2.39. The molecule has 1 heterocycles. The molecule has 0 aromatic rings. The Balaban J connectivity index is 1.70. The van der Waals surface area contributed by atoms with Gasteiger partial charge in [-0.05, 0) is 19.8 Å². The largest absolute Gasteiger partial charge is 0.401 e. The van der Waals surface area contributed by atoms with Crippen LogP contribution in [0.5, 0.6) is 0 Å². The van der Waals surface area contributed by atoms with Gasteiger partial charge in [-0.2, -0.15) is 13.2 Å². The minimum Gasteiger partial charge on any atom is -0.371 e. The minimum absolute atomic E-state index is 0.118. The van der Waals surface area contributed by atoms with E-state index in [9.17, 15) is 13.2 Å². The standard InChI is InChI=1S/C11H19F3N2O/c1-10(6-15-7-10)17-5-4-16(9-2-3-9)8-11(12,13)14/h9,15H,2-8H2,1H3. The van der Waals surface area contributed by atoms with E-state index in [1.165, 1.54) is 4.90 Å². The van der Waals surface area contributed by atoms with Crippen LogP contribution in [0, 0.1) is 0 Å². The third kappa shape index (κ3) is 4.12. The molecule has 0 radical (unpaired) electrons. The van der Waals surface area contributed by atoms with Gasteiger partial charge in [0.05, 0.1) is 18.8 Å². The Morgan fingerprint density at radius 2 is 2.00 bits per heavy atom. The Morgan fingerprint density at radius 3 is 2.41 bits per heavy atom. The van der Waals surface area contributed by atoms with Crippen molar-refractivity contribution in [2.45, 2.75) is 37.6 Å². The van der Waals surface area contributed by atoms with Crippen molar-refractivity contribution < 1.29 is 17.9 Å². The van der Waals surface area contributed by atoms with Gasteiger partial charge < -0.3 is 10.1 Å². The molecule has 1 saturated heterocycles. The molecule has 0 atom stereocenters. The van der Waals surface area contributed by atoms with Gasteiger partial charge in [0.25, 0.3) is 0 Å². The van der Waals surface area contributed by atoms with Gasteiger partial charge >= 0.3 is 6.18 Å². The van der Waals surface area contributed by atoms with E-state index in [-0.39, 0.29) is 11.6 Å². The molecular weight excluding hydrogens is 233 g/mol. The molecule has 2 rings (SSSR count). The number of alkyl halides is 3. The molecular formula is C11H19F3N2O. The zero-order chi connectivity index (χ0) is 12.5. The van der Waals surface area contributed by atoms with Gasteiger partial charge in [0.1, 0.15) is 0 Å². The van der Waals surface area contributed by atoms with Crippen LogP contribution in [-0.4, -0.2) is 55.5 Å². The summed E-state index contributed by atoms with van der Waals surface area (Å²) < 4.78 is 42.6. The van der Waals surface area contributed by atoms with Crippen LogP contribution in [0.25, 0.3) is 0 Å². The first-order valence-corrected chi connectivity index (χ1v) is 6.03. The monoisotopic (exact) mass is 252 g/mol. The lowest BCUT2D eigenvalue weighted by atomic mass is 10.0. The molecule has 0 amide bonds. The first kappa shape index (κ1) is 13.1. The Hall–Kier alpha value is -0.330. The first-order chi connectivity index (χ1) is 7.88. The van der Waals surface area contributed by atoms with Crippen molar-refractivity contribution in [3.8, 4) is 0 Å². The van der Waals surface area contributed by atoms with Crippen molar-refractivity contribution in [1.29, 1.82) is 0 Å². The van der Waals surface area contributed by atoms with Crippen molar-refractivity contribution in [3.63, 3.8) is 0 Å². The topological polar surface area (TPSA) is 24.5 Å². The van der Waals surface area contributed by atoms with Gasteiger partial charge in [-0.1, -0.05) is 0 Å². The van der Waals surface area contributed by atoms with E-state index in [0.29, 0.717) is 13.2 Å². The summed E-state index contributed by atoms with van der Waals surface area (Å²) in [6.45, 7) is 3.50. The Labute approximate surface area is 99.3 Å². The molecule has 1 aliphatic heterocycles. The van der Waals surface area contributed by atoms with Crippen molar-refractivity contribution in [1.82, 2.24) is 10.2 Å². The molecule has 3 nitrogen and oxygen atoms in total. The highest BCUT2D eigenvalue weighted by Gasteiger charge is 2.38. The van der Waals surface area contributed by atoms with Crippen molar-refractivity contribution in [2.24, 2.45) is 0 Å². The fourth-order valence-corrected chi connectivity index (χ4v) is 2.05. The third-order valence-corrected chi connectivity index (χ3v) is 3.27. The van der Waals surface area contributed by atoms with Crippen LogP contribution in [0.15, 0.2) is 0 Å². The zero-order valence-electron chi connectivity index (χ0n) is 10.0. The summed E-state index contributed by atoms with van der Waals surface area (Å²) in [4.78, 5) is 1.50. The van der Waals surface area contributed by atoms with Crippen LogP contribution in [0.4, 0.5) is 13.2 Å². The highest BCUT2D eigenvalue weighted by Crippen LogP contribution is 2.30. The van der Waals surface area contributed by atoms with Crippen molar-refractivity contribution >= 4 is 0 Å².